The number of pyridine rings is 1. The monoisotopic (exact) mass is 299 g/mol. The number of H-pyrrole nitrogens is 1. The van der Waals surface area contributed by atoms with Crippen molar-refractivity contribution in [2.75, 3.05) is 13.1 Å². The predicted molar refractivity (Wildman–Crippen MR) is 86.8 cm³/mol. The number of hydrogen-bond acceptors (Lipinski definition) is 3. The zero-order valence-corrected chi connectivity index (χ0v) is 12.7. The lowest BCUT2D eigenvalue weighted by Gasteiger charge is -2.34. The molecule has 0 aliphatic carbocycles. The highest BCUT2D eigenvalue weighted by atomic mass is 16.2. The van der Waals surface area contributed by atoms with Crippen LogP contribution >= 0.6 is 0 Å². The van der Waals surface area contributed by atoms with Crippen LogP contribution in [-0.2, 0) is 0 Å². The molecule has 22 heavy (non-hydrogen) atoms. The molecule has 1 saturated heterocycles. The third kappa shape index (κ3) is 2.76. The molecule has 0 radical (unpaired) electrons. The van der Waals surface area contributed by atoms with Gasteiger partial charge < -0.3 is 15.6 Å². The molecule has 3 N–H and O–H groups in total. The van der Waals surface area contributed by atoms with E-state index in [0.29, 0.717) is 23.5 Å². The van der Waals surface area contributed by atoms with E-state index >= 15 is 0 Å². The average Bonchev–Trinajstić information content (AvgIpc) is 2.53. The largest absolute Gasteiger partial charge is 0.338 e. The zero-order valence-electron chi connectivity index (χ0n) is 12.7. The fourth-order valence-electron chi connectivity index (χ4n) is 3.18. The lowest BCUT2D eigenvalue weighted by Crippen LogP contribution is -2.45. The number of fused-ring (bicyclic) bond motifs is 1. The van der Waals surface area contributed by atoms with Gasteiger partial charge in [0, 0.05) is 36.1 Å². The van der Waals surface area contributed by atoms with E-state index in [0.717, 1.165) is 24.8 Å². The first-order valence-electron chi connectivity index (χ1n) is 7.73. The smallest absolute Gasteiger partial charge is 0.254 e. The molecule has 1 aliphatic heterocycles. The number of hydrogen-bond donors (Lipinski definition) is 2. The third-order valence-corrected chi connectivity index (χ3v) is 4.47. The van der Waals surface area contributed by atoms with Gasteiger partial charge in [-0.1, -0.05) is 18.2 Å². The predicted octanol–water partition coefficient (Wildman–Crippen LogP) is 1.73. The van der Waals surface area contributed by atoms with Crippen LogP contribution in [0.3, 0.4) is 0 Å². The van der Waals surface area contributed by atoms with Gasteiger partial charge >= 0.3 is 0 Å². The minimum absolute atomic E-state index is 0.0755. The molecule has 5 heteroatoms. The van der Waals surface area contributed by atoms with Crippen molar-refractivity contribution in [3.63, 3.8) is 0 Å². The number of piperidine rings is 1. The first-order valence-corrected chi connectivity index (χ1v) is 7.73. The minimum atomic E-state index is -0.247. The Morgan fingerprint density at radius 2 is 2.18 bits per heavy atom. The average molecular weight is 299 g/mol. The number of aromatic nitrogens is 1. The van der Waals surface area contributed by atoms with Gasteiger partial charge in [0.15, 0.2) is 0 Å². The van der Waals surface area contributed by atoms with Crippen molar-refractivity contribution in [2.24, 2.45) is 11.7 Å². The Kier molecular flexibility index (Phi) is 3.98. The Bertz CT molecular complexity index is 751. The number of amides is 1. The van der Waals surface area contributed by atoms with E-state index in [1.807, 2.05) is 36.1 Å². The number of nitrogens with one attached hydrogen (secondary N) is 1. The Balaban J connectivity index is 1.97. The molecule has 2 heterocycles. The molecule has 116 valence electrons. The number of carbonyl (C=O) groups excluding carboxylic acids is 1. The quantitative estimate of drug-likeness (QED) is 0.886. The van der Waals surface area contributed by atoms with Crippen molar-refractivity contribution >= 4 is 16.8 Å². The summed E-state index contributed by atoms with van der Waals surface area (Å²) in [6.45, 7) is 3.38. The molecule has 1 aromatic carbocycles. The van der Waals surface area contributed by atoms with Gasteiger partial charge in [0.2, 0.25) is 5.56 Å². The van der Waals surface area contributed by atoms with Gasteiger partial charge in [-0.2, -0.15) is 0 Å². The second-order valence-corrected chi connectivity index (χ2v) is 6.11. The van der Waals surface area contributed by atoms with Crippen LogP contribution in [-0.4, -0.2) is 34.9 Å². The van der Waals surface area contributed by atoms with Crippen LogP contribution in [0.2, 0.25) is 0 Å². The maximum Gasteiger partial charge on any atom is 0.254 e. The first kappa shape index (κ1) is 14.8. The highest BCUT2D eigenvalue weighted by molar-refractivity contribution is 6.05. The van der Waals surface area contributed by atoms with Gasteiger partial charge in [0.25, 0.3) is 5.91 Å². The summed E-state index contributed by atoms with van der Waals surface area (Å²) in [7, 11) is 0. The van der Waals surface area contributed by atoms with Crippen LogP contribution in [0.4, 0.5) is 0 Å². The highest BCUT2D eigenvalue weighted by Crippen LogP contribution is 2.22. The molecule has 2 unspecified atom stereocenters. The van der Waals surface area contributed by atoms with Crippen molar-refractivity contribution in [1.29, 1.82) is 0 Å². The molecule has 3 rings (SSSR count). The van der Waals surface area contributed by atoms with Crippen molar-refractivity contribution in [3.05, 3.63) is 46.2 Å². The fourth-order valence-corrected chi connectivity index (χ4v) is 3.18. The van der Waals surface area contributed by atoms with E-state index in [1.165, 1.54) is 6.07 Å². The van der Waals surface area contributed by atoms with E-state index in [9.17, 15) is 9.59 Å². The summed E-state index contributed by atoms with van der Waals surface area (Å²) in [5.74, 6) is 0.249. The van der Waals surface area contributed by atoms with Gasteiger partial charge in [0.05, 0.1) is 5.56 Å². The van der Waals surface area contributed by atoms with E-state index in [-0.39, 0.29) is 17.5 Å². The van der Waals surface area contributed by atoms with Crippen molar-refractivity contribution in [1.82, 2.24) is 9.88 Å². The Labute approximate surface area is 129 Å². The van der Waals surface area contributed by atoms with Gasteiger partial charge in [-0.05, 0) is 31.7 Å². The second-order valence-electron chi connectivity index (χ2n) is 6.11. The molecule has 1 amide bonds. The minimum Gasteiger partial charge on any atom is -0.338 e. The lowest BCUT2D eigenvalue weighted by atomic mass is 9.91. The van der Waals surface area contributed by atoms with E-state index in [4.69, 9.17) is 5.73 Å². The molecule has 0 saturated carbocycles. The normalized spacial score (nSPS) is 20.1. The van der Waals surface area contributed by atoms with E-state index in [1.54, 1.807) is 0 Å². The second kappa shape index (κ2) is 5.93. The number of nitrogens with zero attached hydrogens (tertiary/aromatic N) is 1. The topological polar surface area (TPSA) is 79.2 Å². The van der Waals surface area contributed by atoms with Crippen molar-refractivity contribution in [3.8, 4) is 0 Å². The number of likely N-dealkylation sites (tertiary alicyclic amines) is 1. The van der Waals surface area contributed by atoms with Crippen molar-refractivity contribution in [2.45, 2.75) is 25.8 Å². The summed E-state index contributed by atoms with van der Waals surface area (Å²) < 4.78 is 0. The molecule has 1 fully saturated rings. The summed E-state index contributed by atoms with van der Waals surface area (Å²) in [4.78, 5) is 29.3. The molecule has 2 atom stereocenters. The molecule has 1 aliphatic rings. The Morgan fingerprint density at radius 1 is 1.41 bits per heavy atom. The number of nitrogens with two attached hydrogens (primary N) is 1. The molecule has 5 nitrogen and oxygen atoms in total. The molecule has 0 bridgehead atoms. The third-order valence-electron chi connectivity index (χ3n) is 4.47. The van der Waals surface area contributed by atoms with Crippen LogP contribution in [0.15, 0.2) is 35.1 Å². The Hall–Kier alpha value is -2.14. The molecule has 2 aromatic rings. The van der Waals surface area contributed by atoms with Gasteiger partial charge in [0.1, 0.15) is 0 Å². The number of rotatable bonds is 2. The summed E-state index contributed by atoms with van der Waals surface area (Å²) in [5, 5.41) is 0.787. The maximum atomic E-state index is 12.9. The van der Waals surface area contributed by atoms with Crippen LogP contribution in [0.25, 0.3) is 10.9 Å². The van der Waals surface area contributed by atoms with Gasteiger partial charge in [-0.3, -0.25) is 9.59 Å². The molecular formula is C17H21N3O2. The number of benzene rings is 1. The standard InChI is InChI=1S/C17H21N3O2/c1-11(18)12-5-4-8-20(10-12)17(22)14-9-16(21)19-15-7-3-2-6-13(14)15/h2-3,6-7,9,11-12H,4-5,8,10,18H2,1H3,(H,19,21). The van der Waals surface area contributed by atoms with Crippen molar-refractivity contribution < 1.29 is 4.79 Å². The lowest BCUT2D eigenvalue weighted by molar-refractivity contribution is 0.0663. The van der Waals surface area contributed by atoms with Crippen LogP contribution in [0, 0.1) is 5.92 Å². The van der Waals surface area contributed by atoms with Gasteiger partial charge in [-0.15, -0.1) is 0 Å². The summed E-state index contributed by atoms with van der Waals surface area (Å²) in [5.41, 5.74) is 6.91. The number of aromatic amines is 1. The SMILES string of the molecule is CC(N)C1CCCN(C(=O)c2cc(=O)[nH]c3ccccc23)C1. The van der Waals surface area contributed by atoms with Crippen LogP contribution < -0.4 is 11.3 Å². The number of carbonyl (C=O) groups is 1. The summed E-state index contributed by atoms with van der Waals surface area (Å²) in [6.07, 6.45) is 2.01. The van der Waals surface area contributed by atoms with Crippen LogP contribution in [0.5, 0.6) is 0 Å². The molecule has 1 aromatic heterocycles. The van der Waals surface area contributed by atoms with Crippen LogP contribution in [0.1, 0.15) is 30.1 Å². The zero-order chi connectivity index (χ0) is 15.7. The van der Waals surface area contributed by atoms with E-state index in [2.05, 4.69) is 4.98 Å². The molecular weight excluding hydrogens is 278 g/mol. The highest BCUT2D eigenvalue weighted by Gasteiger charge is 2.27. The summed E-state index contributed by atoms with van der Waals surface area (Å²) in [6, 6.07) is 8.88. The molecule has 0 spiro atoms. The Morgan fingerprint density at radius 3 is 2.95 bits per heavy atom. The maximum absolute atomic E-state index is 12.9. The van der Waals surface area contributed by atoms with E-state index < -0.39 is 0 Å². The van der Waals surface area contributed by atoms with Gasteiger partial charge in [-0.25, -0.2) is 0 Å². The fraction of sp³-hybridized carbons (Fsp3) is 0.412. The summed E-state index contributed by atoms with van der Waals surface area (Å²) >= 11 is 0. The first-order chi connectivity index (χ1) is 10.6. The number of para-hydroxylation sites is 1.